The lowest BCUT2D eigenvalue weighted by atomic mass is 9.88. The van der Waals surface area contributed by atoms with E-state index in [0.29, 0.717) is 23.7 Å². The number of amides is 4. The van der Waals surface area contributed by atoms with Gasteiger partial charge in [-0.3, -0.25) is 19.1 Å². The average molecular weight is 685 g/mol. The molecule has 2 aliphatic carbocycles. The van der Waals surface area contributed by atoms with Crippen LogP contribution in [-0.4, -0.2) is 88.2 Å². The fourth-order valence-electron chi connectivity index (χ4n) is 5.82. The number of nitrogens with zero attached hydrogens (tertiary/aromatic N) is 3. The number of carbonyl (C=O) groups excluding carboxylic acids is 4. The molecule has 1 saturated heterocycles. The number of likely N-dealkylation sites (tertiary alicyclic amines) is 1. The lowest BCUT2D eigenvalue weighted by molar-refractivity contribution is -0.150. The van der Waals surface area contributed by atoms with Gasteiger partial charge in [0.2, 0.25) is 21.8 Å². The second-order valence-corrected chi connectivity index (χ2v) is 16.8. The molecule has 0 spiro atoms. The van der Waals surface area contributed by atoms with E-state index in [1.54, 1.807) is 53.7 Å². The largest absolute Gasteiger partial charge is 0.472 e. The van der Waals surface area contributed by atoms with E-state index in [-0.39, 0.29) is 25.3 Å². The normalized spacial score (nSPS) is 24.7. The minimum atomic E-state index is -3.89. The zero-order valence-electron chi connectivity index (χ0n) is 28.1. The zero-order valence-corrected chi connectivity index (χ0v) is 28.9. The van der Waals surface area contributed by atoms with E-state index >= 15 is 0 Å². The molecule has 0 bridgehead atoms. The first-order chi connectivity index (χ1) is 22.3. The van der Waals surface area contributed by atoms with Gasteiger partial charge in [0.15, 0.2) is 6.10 Å². The highest BCUT2D eigenvalue weighted by Crippen LogP contribution is 2.45. The summed E-state index contributed by atoms with van der Waals surface area (Å²) in [6.07, 6.45) is 1.11. The second-order valence-electron chi connectivity index (χ2n) is 14.9. The summed E-state index contributed by atoms with van der Waals surface area (Å²) in [6, 6.07) is 6.08. The number of ether oxygens (including phenoxy) is 2. The predicted molar refractivity (Wildman–Crippen MR) is 176 cm³/mol. The van der Waals surface area contributed by atoms with Gasteiger partial charge in [0.1, 0.15) is 24.0 Å². The molecule has 260 valence electrons. The molecule has 2 saturated carbocycles. The van der Waals surface area contributed by atoms with Crippen LogP contribution in [0.2, 0.25) is 0 Å². The van der Waals surface area contributed by atoms with Gasteiger partial charge >= 0.3 is 6.09 Å². The Labute approximate surface area is 280 Å². The minimum Gasteiger partial charge on any atom is -0.472 e. The standard InChI is InChI=1S/C33H44N6O8S/c1-8-19-16-33(19,29(42)38-48(44,45)21-13-14-21)36-26(40)24-15-20(46-27-22-11-9-10-12-23(22)34-18-35-27)17-39(24)28(41)25(31(2,3)4)47-30(43)37-32(5,6)7/h8-12,18-21,24-25H,1,13-17H2,2-7H3,(H,36,40)(H,37,43)(H,38,42)/t19-,20-,24+,25-,33-/m1/s1. The zero-order chi connectivity index (χ0) is 35.2. The molecule has 5 atom stereocenters. The van der Waals surface area contributed by atoms with Crippen molar-refractivity contribution in [3.8, 4) is 5.88 Å². The van der Waals surface area contributed by atoms with E-state index in [9.17, 15) is 27.6 Å². The summed E-state index contributed by atoms with van der Waals surface area (Å²) in [5.41, 5.74) is -2.42. The van der Waals surface area contributed by atoms with Crippen LogP contribution in [0, 0.1) is 11.3 Å². The molecular weight excluding hydrogens is 640 g/mol. The molecule has 0 unspecified atom stereocenters. The maximum atomic E-state index is 14.3. The van der Waals surface area contributed by atoms with Gasteiger partial charge in [-0.05, 0) is 52.2 Å². The summed E-state index contributed by atoms with van der Waals surface area (Å²) >= 11 is 0. The maximum Gasteiger partial charge on any atom is 0.408 e. The summed E-state index contributed by atoms with van der Waals surface area (Å²) in [7, 11) is -3.89. The van der Waals surface area contributed by atoms with Crippen LogP contribution in [-0.2, 0) is 29.1 Å². The summed E-state index contributed by atoms with van der Waals surface area (Å²) < 4.78 is 39.3. The molecule has 2 aromatic rings. The Kier molecular flexibility index (Phi) is 9.23. The number of aromatic nitrogens is 2. The maximum absolute atomic E-state index is 14.3. The smallest absolute Gasteiger partial charge is 0.408 e. The van der Waals surface area contributed by atoms with Gasteiger partial charge in [-0.15, -0.1) is 6.58 Å². The van der Waals surface area contributed by atoms with E-state index in [1.165, 1.54) is 17.3 Å². The number of benzene rings is 1. The number of nitrogens with one attached hydrogen (secondary N) is 3. The van der Waals surface area contributed by atoms with E-state index < -0.39 is 79.7 Å². The van der Waals surface area contributed by atoms with Crippen LogP contribution < -0.4 is 20.1 Å². The summed E-state index contributed by atoms with van der Waals surface area (Å²) in [5, 5.41) is 5.46. The number of hydrogen-bond donors (Lipinski definition) is 3. The van der Waals surface area contributed by atoms with Crippen molar-refractivity contribution in [2.45, 2.75) is 102 Å². The molecule has 4 amide bonds. The molecular formula is C33H44N6O8S. The molecule has 3 fully saturated rings. The van der Waals surface area contributed by atoms with Gasteiger partial charge in [-0.1, -0.05) is 39.0 Å². The third-order valence-corrected chi connectivity index (χ3v) is 10.4. The third kappa shape index (κ3) is 7.55. The Bertz CT molecular complexity index is 1730. The van der Waals surface area contributed by atoms with Crippen LogP contribution in [0.1, 0.15) is 67.2 Å². The van der Waals surface area contributed by atoms with E-state index in [4.69, 9.17) is 9.47 Å². The van der Waals surface area contributed by atoms with Crippen molar-refractivity contribution in [3.63, 3.8) is 0 Å². The highest BCUT2D eigenvalue weighted by molar-refractivity contribution is 7.91. The summed E-state index contributed by atoms with van der Waals surface area (Å²) in [4.78, 5) is 64.5. The van der Waals surface area contributed by atoms with Gasteiger partial charge in [0.25, 0.3) is 11.8 Å². The van der Waals surface area contributed by atoms with Crippen molar-refractivity contribution in [2.24, 2.45) is 11.3 Å². The van der Waals surface area contributed by atoms with Crippen LogP contribution in [0.15, 0.2) is 43.2 Å². The van der Waals surface area contributed by atoms with Gasteiger partial charge in [-0.2, -0.15) is 0 Å². The monoisotopic (exact) mass is 684 g/mol. The molecule has 1 aliphatic heterocycles. The van der Waals surface area contributed by atoms with Crippen LogP contribution in [0.3, 0.4) is 0 Å². The number of fused-ring (bicyclic) bond motifs is 1. The Morgan fingerprint density at radius 2 is 1.77 bits per heavy atom. The second kappa shape index (κ2) is 12.6. The molecule has 3 N–H and O–H groups in total. The first-order valence-corrected chi connectivity index (χ1v) is 17.6. The summed E-state index contributed by atoms with van der Waals surface area (Å²) in [5.74, 6) is -2.42. The number of rotatable bonds is 10. The molecule has 1 aromatic carbocycles. The van der Waals surface area contributed by atoms with Gasteiger partial charge < -0.3 is 25.0 Å². The first kappa shape index (κ1) is 35.0. The van der Waals surface area contributed by atoms with Crippen molar-refractivity contribution in [2.75, 3.05) is 6.54 Å². The predicted octanol–water partition coefficient (Wildman–Crippen LogP) is 2.59. The van der Waals surface area contributed by atoms with Crippen LogP contribution in [0.25, 0.3) is 10.9 Å². The lowest BCUT2D eigenvalue weighted by Gasteiger charge is -2.35. The Morgan fingerprint density at radius 1 is 1.08 bits per heavy atom. The van der Waals surface area contributed by atoms with Crippen LogP contribution >= 0.6 is 0 Å². The topological polar surface area (TPSA) is 186 Å². The van der Waals surface area contributed by atoms with Gasteiger partial charge in [-0.25, -0.2) is 23.2 Å². The fraction of sp³-hybridized carbons (Fsp3) is 0.576. The highest BCUT2D eigenvalue weighted by atomic mass is 32.2. The third-order valence-electron chi connectivity index (χ3n) is 8.59. The van der Waals surface area contributed by atoms with Gasteiger partial charge in [0, 0.05) is 23.3 Å². The van der Waals surface area contributed by atoms with E-state index in [1.807, 2.05) is 12.1 Å². The van der Waals surface area contributed by atoms with Gasteiger partial charge in [0.05, 0.1) is 22.7 Å². The molecule has 0 radical (unpaired) electrons. The Morgan fingerprint density at radius 3 is 2.38 bits per heavy atom. The van der Waals surface area contributed by atoms with E-state index in [0.717, 1.165) is 0 Å². The molecule has 48 heavy (non-hydrogen) atoms. The molecule has 14 nitrogen and oxygen atoms in total. The van der Waals surface area contributed by atoms with Crippen molar-refractivity contribution in [1.82, 2.24) is 30.2 Å². The lowest BCUT2D eigenvalue weighted by Crippen LogP contribution is -2.58. The number of sulfonamides is 1. The van der Waals surface area contributed by atoms with Crippen LogP contribution in [0.4, 0.5) is 4.79 Å². The molecule has 15 heteroatoms. The van der Waals surface area contributed by atoms with Crippen molar-refractivity contribution in [3.05, 3.63) is 43.2 Å². The highest BCUT2D eigenvalue weighted by Gasteiger charge is 2.62. The number of carbonyl (C=O) groups is 4. The molecule has 3 aliphatic rings. The van der Waals surface area contributed by atoms with Crippen molar-refractivity contribution < 1.29 is 37.1 Å². The van der Waals surface area contributed by atoms with Crippen LogP contribution in [0.5, 0.6) is 5.88 Å². The Balaban J connectivity index is 1.43. The number of para-hydroxylation sites is 1. The molecule has 1 aromatic heterocycles. The average Bonchev–Trinajstić information content (AvgIpc) is 3.91. The molecule has 2 heterocycles. The summed E-state index contributed by atoms with van der Waals surface area (Å²) in [6.45, 7) is 14.2. The first-order valence-electron chi connectivity index (χ1n) is 16.0. The number of hydrogen-bond acceptors (Lipinski definition) is 10. The number of alkyl carbamates (subject to hydrolysis) is 1. The van der Waals surface area contributed by atoms with E-state index in [2.05, 4.69) is 31.9 Å². The SMILES string of the molecule is C=C[C@@H]1C[C@]1(NC(=O)[C@@H]1C[C@@H](Oc2ncnc3ccccc23)CN1C(=O)[C@@H](OC(=O)NC(C)(C)C)C(C)(C)C)C(=O)NS(=O)(=O)C1CC1. The Hall–Kier alpha value is -4.27. The molecule has 5 rings (SSSR count). The minimum absolute atomic E-state index is 0.0117. The quantitative estimate of drug-likeness (QED) is 0.314. The van der Waals surface area contributed by atoms with Crippen molar-refractivity contribution in [1.29, 1.82) is 0 Å². The fourth-order valence-corrected chi connectivity index (χ4v) is 7.18. The van der Waals surface area contributed by atoms with Crippen molar-refractivity contribution >= 4 is 44.7 Å².